The molecule has 28 heavy (non-hydrogen) atoms. The SMILES string of the molecule is CC(C)OCCCCCCCNC(=O)CC(C1CCCCC1)C1CCCCC1. The number of ether oxygens (including phenoxy) is 1. The Labute approximate surface area is 174 Å². The first kappa shape index (κ1) is 23.7. The van der Waals surface area contributed by atoms with Crippen molar-refractivity contribution in [3.63, 3.8) is 0 Å². The highest BCUT2D eigenvalue weighted by Gasteiger charge is 2.32. The summed E-state index contributed by atoms with van der Waals surface area (Å²) in [5.41, 5.74) is 0. The summed E-state index contributed by atoms with van der Waals surface area (Å²) in [5.74, 6) is 2.61. The van der Waals surface area contributed by atoms with E-state index in [2.05, 4.69) is 19.2 Å². The molecule has 0 aromatic carbocycles. The molecule has 0 spiro atoms. The lowest BCUT2D eigenvalue weighted by Gasteiger charge is -2.37. The Bertz CT molecular complexity index is 379. The zero-order valence-corrected chi connectivity index (χ0v) is 18.9. The third-order valence-electron chi connectivity index (χ3n) is 7.03. The zero-order valence-electron chi connectivity index (χ0n) is 18.9. The molecule has 2 aliphatic carbocycles. The standard InChI is InChI=1S/C25H47NO2/c1-21(2)28-19-13-5-3-4-12-18-26-25(27)20-24(22-14-8-6-9-15-22)23-16-10-7-11-17-23/h21-24H,3-20H2,1-2H3,(H,26,27). The van der Waals surface area contributed by atoms with Gasteiger partial charge in [-0.15, -0.1) is 0 Å². The molecule has 2 aliphatic rings. The van der Waals surface area contributed by atoms with E-state index in [-0.39, 0.29) is 0 Å². The summed E-state index contributed by atoms with van der Waals surface area (Å²) in [5, 5.41) is 3.24. The Kier molecular flexibility index (Phi) is 12.2. The fraction of sp³-hybridized carbons (Fsp3) is 0.960. The van der Waals surface area contributed by atoms with E-state index in [1.807, 2.05) is 0 Å². The third kappa shape index (κ3) is 9.76. The van der Waals surface area contributed by atoms with Crippen LogP contribution >= 0.6 is 0 Å². The highest BCUT2D eigenvalue weighted by molar-refractivity contribution is 5.76. The lowest BCUT2D eigenvalue weighted by atomic mass is 9.68. The normalized spacial score (nSPS) is 19.4. The van der Waals surface area contributed by atoms with E-state index < -0.39 is 0 Å². The van der Waals surface area contributed by atoms with Crippen LogP contribution in [0.2, 0.25) is 0 Å². The predicted molar refractivity (Wildman–Crippen MR) is 118 cm³/mol. The van der Waals surface area contributed by atoms with Crippen molar-refractivity contribution < 1.29 is 9.53 Å². The molecule has 2 rings (SSSR count). The first-order valence-electron chi connectivity index (χ1n) is 12.5. The molecular weight excluding hydrogens is 346 g/mol. The first-order valence-corrected chi connectivity index (χ1v) is 12.5. The number of hydrogen-bond donors (Lipinski definition) is 1. The molecular formula is C25H47NO2. The minimum absolute atomic E-state index is 0.325. The number of hydrogen-bond acceptors (Lipinski definition) is 2. The van der Waals surface area contributed by atoms with Crippen LogP contribution in [0, 0.1) is 17.8 Å². The van der Waals surface area contributed by atoms with Gasteiger partial charge in [-0.25, -0.2) is 0 Å². The van der Waals surface area contributed by atoms with Crippen LogP contribution in [0.5, 0.6) is 0 Å². The molecule has 0 aromatic heterocycles. The number of amides is 1. The van der Waals surface area contributed by atoms with E-state index in [4.69, 9.17) is 4.74 Å². The molecule has 2 saturated carbocycles. The minimum Gasteiger partial charge on any atom is -0.379 e. The van der Waals surface area contributed by atoms with Gasteiger partial charge in [0, 0.05) is 19.6 Å². The molecule has 0 saturated heterocycles. The Balaban J connectivity index is 1.60. The molecule has 0 atom stereocenters. The van der Waals surface area contributed by atoms with Gasteiger partial charge in [-0.2, -0.15) is 0 Å². The number of carbonyl (C=O) groups is 1. The maximum Gasteiger partial charge on any atom is 0.220 e. The fourth-order valence-electron chi connectivity index (χ4n) is 5.43. The smallest absolute Gasteiger partial charge is 0.220 e. The van der Waals surface area contributed by atoms with Crippen LogP contribution in [-0.4, -0.2) is 25.2 Å². The van der Waals surface area contributed by atoms with Crippen LogP contribution in [0.25, 0.3) is 0 Å². The van der Waals surface area contributed by atoms with Crippen molar-refractivity contribution in [2.75, 3.05) is 13.2 Å². The maximum absolute atomic E-state index is 12.6. The number of rotatable bonds is 13. The summed E-state index contributed by atoms with van der Waals surface area (Å²) in [6.07, 6.45) is 21.0. The van der Waals surface area contributed by atoms with Gasteiger partial charge in [0.2, 0.25) is 5.91 Å². The largest absolute Gasteiger partial charge is 0.379 e. The van der Waals surface area contributed by atoms with Crippen LogP contribution in [0.15, 0.2) is 0 Å². The molecule has 2 fully saturated rings. The topological polar surface area (TPSA) is 38.3 Å². The lowest BCUT2D eigenvalue weighted by molar-refractivity contribution is -0.123. The van der Waals surface area contributed by atoms with Crippen LogP contribution in [0.4, 0.5) is 0 Å². The van der Waals surface area contributed by atoms with E-state index in [1.165, 1.54) is 83.5 Å². The fourth-order valence-corrected chi connectivity index (χ4v) is 5.43. The third-order valence-corrected chi connectivity index (χ3v) is 7.03. The molecule has 164 valence electrons. The molecule has 1 N–H and O–H groups in total. The van der Waals surface area contributed by atoms with Crippen LogP contribution in [0.3, 0.4) is 0 Å². The lowest BCUT2D eigenvalue weighted by Crippen LogP contribution is -2.34. The van der Waals surface area contributed by atoms with Crippen LogP contribution in [0.1, 0.15) is 117 Å². The highest BCUT2D eigenvalue weighted by atomic mass is 16.5. The Hall–Kier alpha value is -0.570. The zero-order chi connectivity index (χ0) is 20.0. The summed E-state index contributed by atoms with van der Waals surface area (Å²) < 4.78 is 5.58. The van der Waals surface area contributed by atoms with E-state index >= 15 is 0 Å². The van der Waals surface area contributed by atoms with Crippen molar-refractivity contribution in [3.05, 3.63) is 0 Å². The van der Waals surface area contributed by atoms with E-state index in [9.17, 15) is 4.79 Å². The van der Waals surface area contributed by atoms with Gasteiger partial charge in [-0.3, -0.25) is 4.79 Å². The second-order valence-electron chi connectivity index (χ2n) is 9.70. The second-order valence-corrected chi connectivity index (χ2v) is 9.70. The first-order chi connectivity index (χ1) is 13.7. The van der Waals surface area contributed by atoms with Gasteiger partial charge >= 0.3 is 0 Å². The van der Waals surface area contributed by atoms with Gasteiger partial charge in [-0.05, 0) is 44.4 Å². The summed E-state index contributed by atoms with van der Waals surface area (Å²) >= 11 is 0. The molecule has 0 aromatic rings. The molecule has 3 nitrogen and oxygen atoms in total. The summed E-state index contributed by atoms with van der Waals surface area (Å²) in [6, 6.07) is 0. The van der Waals surface area contributed by atoms with Crippen molar-refractivity contribution in [1.29, 1.82) is 0 Å². The molecule has 3 heteroatoms. The number of carbonyl (C=O) groups excluding carboxylic acids is 1. The van der Waals surface area contributed by atoms with Crippen LogP contribution in [-0.2, 0) is 9.53 Å². The van der Waals surface area contributed by atoms with E-state index in [0.29, 0.717) is 17.9 Å². The van der Waals surface area contributed by atoms with Crippen molar-refractivity contribution in [1.82, 2.24) is 5.32 Å². The van der Waals surface area contributed by atoms with Crippen molar-refractivity contribution >= 4 is 5.91 Å². The molecule has 0 radical (unpaired) electrons. The Morgan fingerprint density at radius 1 is 0.821 bits per heavy atom. The Morgan fingerprint density at radius 2 is 1.36 bits per heavy atom. The average Bonchev–Trinajstić information content (AvgIpc) is 2.72. The average molecular weight is 394 g/mol. The van der Waals surface area contributed by atoms with Gasteiger partial charge in [0.15, 0.2) is 0 Å². The quantitative estimate of drug-likeness (QED) is 0.356. The molecule has 1 amide bonds. The van der Waals surface area contributed by atoms with Gasteiger partial charge in [-0.1, -0.05) is 83.5 Å². The highest BCUT2D eigenvalue weighted by Crippen LogP contribution is 2.41. The van der Waals surface area contributed by atoms with Gasteiger partial charge in [0.25, 0.3) is 0 Å². The number of nitrogens with one attached hydrogen (secondary N) is 1. The summed E-state index contributed by atoms with van der Waals surface area (Å²) in [7, 11) is 0. The van der Waals surface area contributed by atoms with Crippen molar-refractivity contribution in [2.24, 2.45) is 17.8 Å². The van der Waals surface area contributed by atoms with Gasteiger partial charge in [0.1, 0.15) is 0 Å². The van der Waals surface area contributed by atoms with Crippen molar-refractivity contribution in [2.45, 2.75) is 123 Å². The minimum atomic E-state index is 0.325. The summed E-state index contributed by atoms with van der Waals surface area (Å²) in [4.78, 5) is 12.6. The van der Waals surface area contributed by atoms with Crippen molar-refractivity contribution in [3.8, 4) is 0 Å². The predicted octanol–water partition coefficient (Wildman–Crippen LogP) is 6.65. The van der Waals surface area contributed by atoms with Gasteiger partial charge in [0.05, 0.1) is 6.10 Å². The van der Waals surface area contributed by atoms with Gasteiger partial charge < -0.3 is 10.1 Å². The monoisotopic (exact) mass is 393 g/mol. The second kappa shape index (κ2) is 14.4. The molecule has 0 heterocycles. The molecule has 0 bridgehead atoms. The molecule has 0 aliphatic heterocycles. The number of unbranched alkanes of at least 4 members (excludes halogenated alkanes) is 4. The Morgan fingerprint density at radius 3 is 1.93 bits per heavy atom. The molecule has 0 unspecified atom stereocenters. The summed E-state index contributed by atoms with van der Waals surface area (Å²) in [6.45, 7) is 5.94. The van der Waals surface area contributed by atoms with E-state index in [1.54, 1.807) is 0 Å². The van der Waals surface area contributed by atoms with E-state index in [0.717, 1.165) is 44.2 Å². The maximum atomic E-state index is 12.6. The van der Waals surface area contributed by atoms with Crippen LogP contribution < -0.4 is 5.32 Å².